The van der Waals surface area contributed by atoms with Gasteiger partial charge in [-0.3, -0.25) is 14.3 Å². The number of aromatic nitrogens is 4. The summed E-state index contributed by atoms with van der Waals surface area (Å²) in [5, 5.41) is 13.1. The van der Waals surface area contributed by atoms with Gasteiger partial charge < -0.3 is 25.4 Å². The summed E-state index contributed by atoms with van der Waals surface area (Å²) in [7, 11) is 3.20. The number of carbonyl (C=O) groups is 2. The van der Waals surface area contributed by atoms with Crippen LogP contribution < -0.4 is 25.4 Å². The minimum Gasteiger partial charge on any atom is -0.495 e. The number of ether oxygens (including phenoxy) is 2. The summed E-state index contributed by atoms with van der Waals surface area (Å²) >= 11 is 6.44. The van der Waals surface area contributed by atoms with E-state index in [1.54, 1.807) is 26.1 Å². The molecular formula is C24H24ClN7O4. The van der Waals surface area contributed by atoms with Gasteiger partial charge in [0.05, 0.1) is 30.7 Å². The van der Waals surface area contributed by atoms with E-state index in [2.05, 4.69) is 42.9 Å². The van der Waals surface area contributed by atoms with Crippen LogP contribution in [0.25, 0.3) is 0 Å². The maximum Gasteiger partial charge on any atom is 0.300 e. The number of nitrogens with zero attached hydrogens (tertiary/aromatic N) is 4. The normalized spacial score (nSPS) is 12.2. The van der Waals surface area contributed by atoms with Gasteiger partial charge in [-0.15, -0.1) is 0 Å². The Morgan fingerprint density at radius 3 is 2.64 bits per heavy atom. The highest BCUT2D eigenvalue weighted by Crippen LogP contribution is 2.31. The van der Waals surface area contributed by atoms with Gasteiger partial charge in [0, 0.05) is 24.2 Å². The zero-order chi connectivity index (χ0) is 25.7. The lowest BCUT2D eigenvalue weighted by molar-refractivity contribution is -0.111. The number of amides is 2. The molecule has 2 heterocycles. The first-order chi connectivity index (χ1) is 17.4. The Morgan fingerprint density at radius 1 is 1.22 bits per heavy atom. The van der Waals surface area contributed by atoms with E-state index in [-0.39, 0.29) is 24.5 Å². The summed E-state index contributed by atoms with van der Waals surface area (Å²) in [6, 6.07) is 3.52. The largest absolute Gasteiger partial charge is 0.495 e. The van der Waals surface area contributed by atoms with E-state index in [4.69, 9.17) is 21.1 Å². The van der Waals surface area contributed by atoms with Crippen LogP contribution in [0, 0.1) is 11.8 Å². The molecule has 3 N–H and O–H groups in total. The molecule has 11 nitrogen and oxygen atoms in total. The first-order valence-electron chi connectivity index (χ1n) is 11.0. The molecule has 0 aliphatic heterocycles. The van der Waals surface area contributed by atoms with Crippen LogP contribution in [0.4, 0.5) is 17.5 Å². The number of carbonyl (C=O) groups excluding carboxylic acids is 2. The van der Waals surface area contributed by atoms with Crippen molar-refractivity contribution < 1.29 is 19.1 Å². The van der Waals surface area contributed by atoms with Crippen LogP contribution in [0.15, 0.2) is 30.7 Å². The van der Waals surface area contributed by atoms with E-state index in [0.29, 0.717) is 39.2 Å². The first kappa shape index (κ1) is 24.8. The number of methoxy groups -OCH3 is 1. The maximum absolute atomic E-state index is 12.5. The van der Waals surface area contributed by atoms with E-state index >= 15 is 0 Å². The molecule has 2 aromatic heterocycles. The lowest BCUT2D eigenvalue weighted by Gasteiger charge is -2.13. The predicted molar refractivity (Wildman–Crippen MR) is 133 cm³/mol. The van der Waals surface area contributed by atoms with Gasteiger partial charge in [-0.05, 0) is 37.8 Å². The molecule has 2 amide bonds. The van der Waals surface area contributed by atoms with Crippen LogP contribution in [0.2, 0.25) is 5.02 Å². The minimum atomic E-state index is -0.456. The predicted octanol–water partition coefficient (Wildman–Crippen LogP) is 3.05. The average molecular weight is 510 g/mol. The summed E-state index contributed by atoms with van der Waals surface area (Å²) in [5.74, 6) is 5.83. The molecule has 0 radical (unpaired) electrons. The number of hydrogen-bond donors (Lipinski definition) is 3. The molecule has 36 heavy (non-hydrogen) atoms. The molecule has 0 saturated heterocycles. The van der Waals surface area contributed by atoms with Gasteiger partial charge in [0.1, 0.15) is 18.0 Å². The van der Waals surface area contributed by atoms with E-state index in [1.807, 2.05) is 0 Å². The van der Waals surface area contributed by atoms with Crippen molar-refractivity contribution in [2.75, 3.05) is 17.7 Å². The monoisotopic (exact) mass is 509 g/mol. The maximum atomic E-state index is 12.5. The average Bonchev–Trinajstić information content (AvgIpc) is 3.63. The molecule has 0 unspecified atom stereocenters. The summed E-state index contributed by atoms with van der Waals surface area (Å²) in [6.07, 6.45) is 6.44. The van der Waals surface area contributed by atoms with Gasteiger partial charge in [-0.2, -0.15) is 5.10 Å². The topological polar surface area (TPSA) is 132 Å². The number of aryl methyl sites for hydroxylation is 1. The molecule has 1 aromatic carbocycles. The van der Waals surface area contributed by atoms with Crippen LogP contribution in [0.3, 0.4) is 0 Å². The van der Waals surface area contributed by atoms with E-state index < -0.39 is 5.91 Å². The van der Waals surface area contributed by atoms with Gasteiger partial charge in [0.25, 0.3) is 11.8 Å². The third-order valence-electron chi connectivity index (χ3n) is 5.19. The number of nitrogens with one attached hydrogen (secondary N) is 3. The van der Waals surface area contributed by atoms with Crippen LogP contribution in [-0.2, 0) is 18.4 Å². The van der Waals surface area contributed by atoms with Crippen molar-refractivity contribution in [3.63, 3.8) is 0 Å². The summed E-state index contributed by atoms with van der Waals surface area (Å²) in [5.41, 5.74) is 1.47. The second-order valence-corrected chi connectivity index (χ2v) is 8.29. The molecule has 1 fully saturated rings. The van der Waals surface area contributed by atoms with Gasteiger partial charge in [-0.25, -0.2) is 9.97 Å². The highest BCUT2D eigenvalue weighted by atomic mass is 35.5. The zero-order valence-electron chi connectivity index (χ0n) is 19.9. The molecule has 3 aromatic rings. The van der Waals surface area contributed by atoms with E-state index in [0.717, 1.165) is 12.8 Å². The molecule has 1 aliphatic carbocycles. The Hall–Kier alpha value is -4.30. The van der Waals surface area contributed by atoms with Crippen molar-refractivity contribution in [1.82, 2.24) is 25.1 Å². The summed E-state index contributed by atoms with van der Waals surface area (Å²) in [6.45, 7) is 1.65. The van der Waals surface area contributed by atoms with Crippen LogP contribution in [0.5, 0.6) is 11.5 Å². The molecule has 12 heteroatoms. The number of hydrogen-bond acceptors (Lipinski definition) is 8. The van der Waals surface area contributed by atoms with Crippen molar-refractivity contribution in [3.05, 3.63) is 46.9 Å². The Morgan fingerprint density at radius 2 is 1.97 bits per heavy atom. The molecule has 0 spiro atoms. The molecular weight excluding hydrogens is 486 g/mol. The highest BCUT2D eigenvalue weighted by Gasteiger charge is 2.25. The number of anilines is 3. The molecule has 1 aliphatic rings. The fraction of sp³-hybridized carbons (Fsp3) is 0.292. The standard InChI is InChI=1S/C24H24ClN7O4/c1-4-5-20(33)30-18-12-28-32(2)22(18)31-24-26-10-17(11-27-24)36-13-15-8-14(9-19(35-3)21(15)25)23(34)29-16-6-7-16/h8-12,16H,6-7,13H2,1-3H3,(H,29,34)(H,30,33)(H,26,27,31). The van der Waals surface area contributed by atoms with E-state index in [9.17, 15) is 9.59 Å². The minimum absolute atomic E-state index is 0.0756. The van der Waals surface area contributed by atoms with Crippen molar-refractivity contribution in [2.45, 2.75) is 32.4 Å². The molecule has 186 valence electrons. The van der Waals surface area contributed by atoms with Gasteiger partial charge in [-0.1, -0.05) is 17.5 Å². The summed E-state index contributed by atoms with van der Waals surface area (Å²) < 4.78 is 12.7. The zero-order valence-corrected chi connectivity index (χ0v) is 20.6. The number of halogens is 1. The Kier molecular flexibility index (Phi) is 7.56. The van der Waals surface area contributed by atoms with Crippen molar-refractivity contribution in [3.8, 4) is 23.3 Å². The Labute approximate surface area is 212 Å². The van der Waals surface area contributed by atoms with Crippen molar-refractivity contribution in [2.24, 2.45) is 7.05 Å². The third kappa shape index (κ3) is 6.03. The number of benzene rings is 1. The molecule has 4 rings (SSSR count). The van der Waals surface area contributed by atoms with Crippen molar-refractivity contribution in [1.29, 1.82) is 0 Å². The quantitative estimate of drug-likeness (QED) is 0.375. The molecule has 0 atom stereocenters. The van der Waals surface area contributed by atoms with E-state index in [1.165, 1.54) is 30.4 Å². The number of rotatable bonds is 9. The third-order valence-corrected chi connectivity index (χ3v) is 5.62. The summed E-state index contributed by atoms with van der Waals surface area (Å²) in [4.78, 5) is 32.8. The van der Waals surface area contributed by atoms with Gasteiger partial charge in [0.15, 0.2) is 11.6 Å². The second kappa shape index (κ2) is 11.0. The highest BCUT2D eigenvalue weighted by molar-refractivity contribution is 6.33. The first-order valence-corrected chi connectivity index (χ1v) is 11.4. The fourth-order valence-corrected chi connectivity index (χ4v) is 3.44. The smallest absolute Gasteiger partial charge is 0.300 e. The SMILES string of the molecule is CC#CC(=O)Nc1cnn(C)c1Nc1ncc(OCc2cc(C(=O)NC3CC3)cc(OC)c2Cl)cn1. The lowest BCUT2D eigenvalue weighted by atomic mass is 10.1. The second-order valence-electron chi connectivity index (χ2n) is 7.91. The van der Waals surface area contributed by atoms with Crippen LogP contribution >= 0.6 is 11.6 Å². The van der Waals surface area contributed by atoms with Crippen LogP contribution in [-0.4, -0.2) is 44.7 Å². The fourth-order valence-electron chi connectivity index (χ4n) is 3.20. The molecule has 0 bridgehead atoms. The van der Waals surface area contributed by atoms with Crippen molar-refractivity contribution >= 4 is 40.9 Å². The molecule has 1 saturated carbocycles. The Balaban J connectivity index is 1.43. The van der Waals surface area contributed by atoms with Crippen LogP contribution in [0.1, 0.15) is 35.7 Å². The van der Waals surface area contributed by atoms with Gasteiger partial charge in [0.2, 0.25) is 5.95 Å². The van der Waals surface area contributed by atoms with Gasteiger partial charge >= 0.3 is 0 Å². The Bertz CT molecular complexity index is 1340. The lowest BCUT2D eigenvalue weighted by Crippen LogP contribution is -2.25.